The molecule has 0 saturated carbocycles. The van der Waals surface area contributed by atoms with E-state index in [4.69, 9.17) is 0 Å². The van der Waals surface area contributed by atoms with Crippen LogP contribution in [0.4, 0.5) is 0 Å². The molecule has 0 bridgehead atoms. The minimum absolute atomic E-state index is 0.103. The predicted molar refractivity (Wildman–Crippen MR) is 60.2 cm³/mol. The van der Waals surface area contributed by atoms with E-state index < -0.39 is 0 Å². The standard InChI is InChI=1S/C11H24N2O/c1-5-6-10(4)13-11(14)8-12-7-9(2)3/h9-10,12H,5-8H2,1-4H3,(H,13,14). The zero-order chi connectivity index (χ0) is 11.0. The van der Waals surface area contributed by atoms with Gasteiger partial charge in [-0.05, 0) is 25.8 Å². The second-order valence-electron chi connectivity index (χ2n) is 4.28. The Bertz CT molecular complexity index is 157. The van der Waals surface area contributed by atoms with E-state index in [2.05, 4.69) is 31.4 Å². The Morgan fingerprint density at radius 3 is 2.43 bits per heavy atom. The number of nitrogens with one attached hydrogen (secondary N) is 2. The third kappa shape index (κ3) is 8.05. The minimum atomic E-state index is 0.103. The zero-order valence-electron chi connectivity index (χ0n) is 9.89. The molecule has 0 aliphatic rings. The highest BCUT2D eigenvalue weighted by molar-refractivity contribution is 5.78. The van der Waals surface area contributed by atoms with E-state index in [-0.39, 0.29) is 5.91 Å². The molecule has 0 radical (unpaired) electrons. The maximum atomic E-state index is 11.3. The molecule has 14 heavy (non-hydrogen) atoms. The quantitative estimate of drug-likeness (QED) is 0.654. The van der Waals surface area contributed by atoms with Gasteiger partial charge in [-0.25, -0.2) is 0 Å². The summed E-state index contributed by atoms with van der Waals surface area (Å²) in [4.78, 5) is 11.3. The van der Waals surface area contributed by atoms with E-state index in [1.807, 2.05) is 6.92 Å². The van der Waals surface area contributed by atoms with Crippen LogP contribution >= 0.6 is 0 Å². The van der Waals surface area contributed by atoms with Crippen LogP contribution in [0.3, 0.4) is 0 Å². The summed E-state index contributed by atoms with van der Waals surface area (Å²) in [6.07, 6.45) is 2.16. The van der Waals surface area contributed by atoms with Gasteiger partial charge in [0.1, 0.15) is 0 Å². The van der Waals surface area contributed by atoms with Gasteiger partial charge in [-0.15, -0.1) is 0 Å². The lowest BCUT2D eigenvalue weighted by Crippen LogP contribution is -2.39. The molecule has 0 aromatic rings. The summed E-state index contributed by atoms with van der Waals surface area (Å²) in [6, 6.07) is 0.299. The van der Waals surface area contributed by atoms with Gasteiger partial charge in [-0.1, -0.05) is 27.2 Å². The van der Waals surface area contributed by atoms with Crippen LogP contribution in [0.1, 0.15) is 40.5 Å². The molecule has 0 aliphatic carbocycles. The van der Waals surface area contributed by atoms with Crippen LogP contribution in [0.25, 0.3) is 0 Å². The Kier molecular flexibility index (Phi) is 7.48. The number of rotatable bonds is 7. The molecule has 84 valence electrons. The van der Waals surface area contributed by atoms with Crippen LogP contribution in [-0.4, -0.2) is 25.0 Å². The second-order valence-corrected chi connectivity index (χ2v) is 4.28. The SMILES string of the molecule is CCCC(C)NC(=O)CNCC(C)C. The van der Waals surface area contributed by atoms with Gasteiger partial charge in [0.2, 0.25) is 5.91 Å². The number of hydrogen-bond acceptors (Lipinski definition) is 2. The summed E-state index contributed by atoms with van der Waals surface area (Å²) in [5, 5.41) is 6.07. The Labute approximate surface area is 87.6 Å². The molecule has 0 spiro atoms. The topological polar surface area (TPSA) is 41.1 Å². The summed E-state index contributed by atoms with van der Waals surface area (Å²) in [6.45, 7) is 9.76. The fourth-order valence-corrected chi connectivity index (χ4v) is 1.31. The Hall–Kier alpha value is -0.570. The molecule has 3 nitrogen and oxygen atoms in total. The van der Waals surface area contributed by atoms with Gasteiger partial charge in [0.25, 0.3) is 0 Å². The summed E-state index contributed by atoms with van der Waals surface area (Å²) in [7, 11) is 0. The smallest absolute Gasteiger partial charge is 0.234 e. The fraction of sp³-hybridized carbons (Fsp3) is 0.909. The number of carbonyl (C=O) groups is 1. The maximum absolute atomic E-state index is 11.3. The van der Waals surface area contributed by atoms with Crippen molar-refractivity contribution < 1.29 is 4.79 Å². The van der Waals surface area contributed by atoms with Crippen LogP contribution < -0.4 is 10.6 Å². The summed E-state index contributed by atoms with van der Waals surface area (Å²) >= 11 is 0. The second kappa shape index (κ2) is 7.80. The first-order valence-corrected chi connectivity index (χ1v) is 5.56. The van der Waals surface area contributed by atoms with Crippen LogP contribution in [-0.2, 0) is 4.79 Å². The highest BCUT2D eigenvalue weighted by Crippen LogP contribution is 1.93. The van der Waals surface area contributed by atoms with Crippen molar-refractivity contribution in [2.24, 2.45) is 5.92 Å². The fourth-order valence-electron chi connectivity index (χ4n) is 1.31. The molecule has 0 aromatic carbocycles. The molecular weight excluding hydrogens is 176 g/mol. The molecule has 0 fully saturated rings. The van der Waals surface area contributed by atoms with Crippen molar-refractivity contribution in [3.63, 3.8) is 0 Å². The van der Waals surface area contributed by atoms with Gasteiger partial charge >= 0.3 is 0 Å². The van der Waals surface area contributed by atoms with Gasteiger partial charge < -0.3 is 10.6 Å². The Morgan fingerprint density at radius 1 is 1.29 bits per heavy atom. The molecule has 0 saturated heterocycles. The van der Waals surface area contributed by atoms with Crippen LogP contribution in [0.5, 0.6) is 0 Å². The largest absolute Gasteiger partial charge is 0.353 e. The summed E-state index contributed by atoms with van der Waals surface area (Å²) in [5.74, 6) is 0.697. The molecule has 0 heterocycles. The van der Waals surface area contributed by atoms with E-state index in [1.54, 1.807) is 0 Å². The lowest BCUT2D eigenvalue weighted by atomic mass is 10.2. The van der Waals surface area contributed by atoms with Crippen molar-refractivity contribution in [3.05, 3.63) is 0 Å². The third-order valence-corrected chi connectivity index (χ3v) is 1.97. The van der Waals surface area contributed by atoms with Gasteiger partial charge in [0, 0.05) is 6.04 Å². The van der Waals surface area contributed by atoms with Crippen LogP contribution in [0.15, 0.2) is 0 Å². The summed E-state index contributed by atoms with van der Waals surface area (Å²) < 4.78 is 0. The molecule has 0 aromatic heterocycles. The van der Waals surface area contributed by atoms with Crippen molar-refractivity contribution in [3.8, 4) is 0 Å². The van der Waals surface area contributed by atoms with Crippen molar-refractivity contribution >= 4 is 5.91 Å². The van der Waals surface area contributed by atoms with E-state index in [1.165, 1.54) is 0 Å². The van der Waals surface area contributed by atoms with Gasteiger partial charge in [-0.2, -0.15) is 0 Å². The third-order valence-electron chi connectivity index (χ3n) is 1.97. The molecule has 1 amide bonds. The van der Waals surface area contributed by atoms with E-state index >= 15 is 0 Å². The maximum Gasteiger partial charge on any atom is 0.234 e. The van der Waals surface area contributed by atoms with Crippen molar-refractivity contribution in [1.82, 2.24) is 10.6 Å². The number of hydrogen-bond donors (Lipinski definition) is 2. The molecule has 2 N–H and O–H groups in total. The molecule has 0 rings (SSSR count). The highest BCUT2D eigenvalue weighted by Gasteiger charge is 2.05. The zero-order valence-corrected chi connectivity index (χ0v) is 9.89. The molecule has 3 heteroatoms. The average molecular weight is 200 g/mol. The van der Waals surface area contributed by atoms with E-state index in [0.717, 1.165) is 19.4 Å². The van der Waals surface area contributed by atoms with Gasteiger partial charge in [0.15, 0.2) is 0 Å². The Balaban J connectivity index is 3.45. The monoisotopic (exact) mass is 200 g/mol. The minimum Gasteiger partial charge on any atom is -0.353 e. The normalized spacial score (nSPS) is 12.9. The molecular formula is C11H24N2O. The highest BCUT2D eigenvalue weighted by atomic mass is 16.1. The average Bonchev–Trinajstić information content (AvgIpc) is 2.03. The van der Waals surface area contributed by atoms with Crippen molar-refractivity contribution in [1.29, 1.82) is 0 Å². The van der Waals surface area contributed by atoms with E-state index in [9.17, 15) is 4.79 Å². The Morgan fingerprint density at radius 2 is 1.93 bits per heavy atom. The van der Waals surface area contributed by atoms with Crippen molar-refractivity contribution in [2.45, 2.75) is 46.6 Å². The predicted octanol–water partition coefficient (Wildman–Crippen LogP) is 1.54. The molecule has 0 aliphatic heterocycles. The molecule has 1 unspecified atom stereocenters. The number of carbonyl (C=O) groups excluding carboxylic acids is 1. The van der Waals surface area contributed by atoms with Gasteiger partial charge in [0.05, 0.1) is 6.54 Å². The van der Waals surface area contributed by atoms with Crippen LogP contribution in [0, 0.1) is 5.92 Å². The lowest BCUT2D eigenvalue weighted by Gasteiger charge is -2.13. The first-order chi connectivity index (χ1) is 6.56. The molecule has 1 atom stereocenters. The first-order valence-electron chi connectivity index (χ1n) is 5.56. The first kappa shape index (κ1) is 13.4. The summed E-state index contributed by atoms with van der Waals surface area (Å²) in [5.41, 5.74) is 0. The lowest BCUT2D eigenvalue weighted by molar-refractivity contribution is -0.120. The van der Waals surface area contributed by atoms with E-state index in [0.29, 0.717) is 18.5 Å². The van der Waals surface area contributed by atoms with Gasteiger partial charge in [-0.3, -0.25) is 4.79 Å². The van der Waals surface area contributed by atoms with Crippen LogP contribution in [0.2, 0.25) is 0 Å². The number of amides is 1. The van der Waals surface area contributed by atoms with Crippen molar-refractivity contribution in [2.75, 3.05) is 13.1 Å².